The molecule has 3 aromatic rings. The van der Waals surface area contributed by atoms with Crippen LogP contribution < -0.4 is 10.6 Å². The van der Waals surface area contributed by atoms with E-state index in [1.54, 1.807) is 6.07 Å². The summed E-state index contributed by atoms with van der Waals surface area (Å²) in [7, 11) is 0. The lowest BCUT2D eigenvalue weighted by Crippen LogP contribution is -2.20. The van der Waals surface area contributed by atoms with E-state index in [0.717, 1.165) is 10.8 Å². The third-order valence-electron chi connectivity index (χ3n) is 3.24. The molecule has 0 saturated heterocycles. The SMILES string of the molecule is O=C(Nc1c(F)cccc1Cl)Nc1cccc2ccccc12. The summed E-state index contributed by atoms with van der Waals surface area (Å²) in [5, 5.41) is 7.20. The second kappa shape index (κ2) is 6.03. The van der Waals surface area contributed by atoms with Crippen LogP contribution in [0, 0.1) is 5.82 Å². The number of urea groups is 1. The molecule has 0 fully saturated rings. The number of halogens is 2. The Bertz CT molecular complexity index is 825. The van der Waals surface area contributed by atoms with Gasteiger partial charge in [0.25, 0.3) is 0 Å². The monoisotopic (exact) mass is 314 g/mol. The van der Waals surface area contributed by atoms with Gasteiger partial charge in [-0.05, 0) is 23.6 Å². The Labute approximate surface area is 131 Å². The second-order valence-corrected chi connectivity index (χ2v) is 5.11. The van der Waals surface area contributed by atoms with E-state index in [0.29, 0.717) is 5.69 Å². The van der Waals surface area contributed by atoms with Gasteiger partial charge in [-0.25, -0.2) is 9.18 Å². The van der Waals surface area contributed by atoms with Gasteiger partial charge in [0.2, 0.25) is 0 Å². The van der Waals surface area contributed by atoms with Crippen molar-refractivity contribution in [3.63, 3.8) is 0 Å². The molecule has 2 N–H and O–H groups in total. The first kappa shape index (κ1) is 14.4. The largest absolute Gasteiger partial charge is 0.323 e. The van der Waals surface area contributed by atoms with Gasteiger partial charge in [-0.15, -0.1) is 0 Å². The number of anilines is 2. The van der Waals surface area contributed by atoms with Crippen molar-refractivity contribution >= 4 is 39.8 Å². The Balaban J connectivity index is 1.85. The van der Waals surface area contributed by atoms with Crippen molar-refractivity contribution < 1.29 is 9.18 Å². The minimum absolute atomic E-state index is 0.0399. The molecule has 110 valence electrons. The van der Waals surface area contributed by atoms with Crippen molar-refractivity contribution in [1.29, 1.82) is 0 Å². The molecule has 22 heavy (non-hydrogen) atoms. The van der Waals surface area contributed by atoms with Crippen molar-refractivity contribution in [3.8, 4) is 0 Å². The average molecular weight is 315 g/mol. The molecule has 3 aromatic carbocycles. The quantitative estimate of drug-likeness (QED) is 0.664. The van der Waals surface area contributed by atoms with Crippen LogP contribution in [0.5, 0.6) is 0 Å². The first-order chi connectivity index (χ1) is 10.6. The maximum absolute atomic E-state index is 13.7. The molecule has 0 spiro atoms. The van der Waals surface area contributed by atoms with Crippen LogP contribution in [-0.4, -0.2) is 6.03 Å². The number of hydrogen-bond acceptors (Lipinski definition) is 1. The van der Waals surface area contributed by atoms with E-state index in [-0.39, 0.29) is 10.7 Å². The Hall–Kier alpha value is -2.59. The summed E-state index contributed by atoms with van der Waals surface area (Å²) >= 11 is 5.89. The molecule has 0 bridgehead atoms. The zero-order chi connectivity index (χ0) is 15.5. The molecule has 0 atom stereocenters. The van der Waals surface area contributed by atoms with E-state index in [1.807, 2.05) is 36.4 Å². The maximum Gasteiger partial charge on any atom is 0.323 e. The van der Waals surface area contributed by atoms with Gasteiger partial charge in [-0.1, -0.05) is 54.1 Å². The number of hydrogen-bond donors (Lipinski definition) is 2. The second-order valence-electron chi connectivity index (χ2n) is 4.70. The fraction of sp³-hybridized carbons (Fsp3) is 0. The molecule has 0 unspecified atom stereocenters. The first-order valence-corrected chi connectivity index (χ1v) is 7.03. The zero-order valence-electron chi connectivity index (χ0n) is 11.4. The Kier molecular flexibility index (Phi) is 3.94. The third kappa shape index (κ3) is 2.87. The van der Waals surface area contributed by atoms with Crippen LogP contribution in [-0.2, 0) is 0 Å². The van der Waals surface area contributed by atoms with E-state index >= 15 is 0 Å². The van der Waals surface area contributed by atoms with Gasteiger partial charge in [0.15, 0.2) is 0 Å². The van der Waals surface area contributed by atoms with Crippen molar-refractivity contribution in [1.82, 2.24) is 0 Å². The molecule has 3 nitrogen and oxygen atoms in total. The van der Waals surface area contributed by atoms with Gasteiger partial charge in [-0.3, -0.25) is 0 Å². The predicted molar refractivity (Wildman–Crippen MR) is 88.0 cm³/mol. The van der Waals surface area contributed by atoms with Crippen LogP contribution in [0.4, 0.5) is 20.6 Å². The summed E-state index contributed by atoms with van der Waals surface area (Å²) in [6.45, 7) is 0. The van der Waals surface area contributed by atoms with Gasteiger partial charge in [0.1, 0.15) is 5.82 Å². The van der Waals surface area contributed by atoms with Crippen molar-refractivity contribution in [2.45, 2.75) is 0 Å². The fourth-order valence-electron chi connectivity index (χ4n) is 2.22. The number of carbonyl (C=O) groups is 1. The maximum atomic E-state index is 13.7. The van der Waals surface area contributed by atoms with Crippen LogP contribution in [0.25, 0.3) is 10.8 Å². The Morgan fingerprint density at radius 1 is 0.909 bits per heavy atom. The van der Waals surface area contributed by atoms with Crippen LogP contribution >= 0.6 is 11.6 Å². The number of benzene rings is 3. The van der Waals surface area contributed by atoms with Gasteiger partial charge in [-0.2, -0.15) is 0 Å². The predicted octanol–water partition coefficient (Wildman–Crippen LogP) is 5.28. The highest BCUT2D eigenvalue weighted by Crippen LogP contribution is 2.26. The number of amides is 2. The van der Waals surface area contributed by atoms with Crippen LogP contribution in [0.2, 0.25) is 5.02 Å². The third-order valence-corrected chi connectivity index (χ3v) is 3.55. The van der Waals surface area contributed by atoms with Gasteiger partial charge in [0, 0.05) is 5.39 Å². The minimum atomic E-state index is -0.583. The summed E-state index contributed by atoms with van der Waals surface area (Å²) in [5.74, 6) is -0.583. The van der Waals surface area contributed by atoms with E-state index in [2.05, 4.69) is 10.6 Å². The standard InChI is InChI=1S/C17H12ClFN2O/c18-13-8-4-9-14(19)16(13)21-17(22)20-15-10-3-6-11-5-1-2-7-12(11)15/h1-10H,(H2,20,21,22). The number of rotatable bonds is 2. The lowest BCUT2D eigenvalue weighted by atomic mass is 10.1. The van der Waals surface area contributed by atoms with E-state index in [1.165, 1.54) is 18.2 Å². The fourth-order valence-corrected chi connectivity index (χ4v) is 2.43. The van der Waals surface area contributed by atoms with Crippen molar-refractivity contribution in [2.75, 3.05) is 10.6 Å². The molecule has 0 radical (unpaired) electrons. The molecule has 3 rings (SSSR count). The Morgan fingerprint density at radius 2 is 1.64 bits per heavy atom. The first-order valence-electron chi connectivity index (χ1n) is 6.65. The molecule has 0 aliphatic carbocycles. The summed E-state index contributed by atoms with van der Waals surface area (Å²) < 4.78 is 13.7. The van der Waals surface area contributed by atoms with E-state index < -0.39 is 11.8 Å². The molecule has 0 aliphatic rings. The molecule has 2 amide bonds. The summed E-state index contributed by atoms with van der Waals surface area (Å²) in [6.07, 6.45) is 0. The normalized spacial score (nSPS) is 10.5. The van der Waals surface area contributed by atoms with Crippen LogP contribution in [0.15, 0.2) is 60.7 Å². The molecule has 0 heterocycles. The van der Waals surface area contributed by atoms with Crippen molar-refractivity contribution in [3.05, 3.63) is 71.5 Å². The smallest absolute Gasteiger partial charge is 0.307 e. The molecular weight excluding hydrogens is 303 g/mol. The highest BCUT2D eigenvalue weighted by atomic mass is 35.5. The summed E-state index contributed by atoms with van der Waals surface area (Å²) in [5.41, 5.74) is 0.602. The number of fused-ring (bicyclic) bond motifs is 1. The zero-order valence-corrected chi connectivity index (χ0v) is 12.2. The summed E-state index contributed by atoms with van der Waals surface area (Å²) in [4.78, 5) is 12.1. The van der Waals surface area contributed by atoms with E-state index in [9.17, 15) is 9.18 Å². The highest BCUT2D eigenvalue weighted by molar-refractivity contribution is 6.33. The molecule has 0 aromatic heterocycles. The lowest BCUT2D eigenvalue weighted by molar-refractivity contribution is 0.262. The van der Waals surface area contributed by atoms with Gasteiger partial charge < -0.3 is 10.6 Å². The van der Waals surface area contributed by atoms with E-state index in [4.69, 9.17) is 11.6 Å². The van der Waals surface area contributed by atoms with Gasteiger partial charge >= 0.3 is 6.03 Å². The number of nitrogens with one attached hydrogen (secondary N) is 2. The number of para-hydroxylation sites is 1. The molecular formula is C17H12ClFN2O. The lowest BCUT2D eigenvalue weighted by Gasteiger charge is -2.11. The molecule has 0 aliphatic heterocycles. The molecule has 5 heteroatoms. The number of carbonyl (C=O) groups excluding carboxylic acids is 1. The van der Waals surface area contributed by atoms with Crippen molar-refractivity contribution in [2.24, 2.45) is 0 Å². The van der Waals surface area contributed by atoms with Crippen LogP contribution in [0.1, 0.15) is 0 Å². The Morgan fingerprint density at radius 3 is 2.45 bits per heavy atom. The minimum Gasteiger partial charge on any atom is -0.307 e. The van der Waals surface area contributed by atoms with Crippen LogP contribution in [0.3, 0.4) is 0 Å². The van der Waals surface area contributed by atoms with Gasteiger partial charge in [0.05, 0.1) is 16.4 Å². The average Bonchev–Trinajstić information content (AvgIpc) is 2.51. The molecule has 0 saturated carbocycles. The highest BCUT2D eigenvalue weighted by Gasteiger charge is 2.11. The topological polar surface area (TPSA) is 41.1 Å². The summed E-state index contributed by atoms with van der Waals surface area (Å²) in [6, 6.07) is 16.9.